The predicted molar refractivity (Wildman–Crippen MR) is 88.6 cm³/mol. The molecule has 134 valence electrons. The number of amides is 1. The van der Waals surface area contributed by atoms with Crippen LogP contribution < -0.4 is 10.1 Å². The van der Waals surface area contributed by atoms with Crippen LogP contribution in [-0.2, 0) is 14.3 Å². The minimum Gasteiger partial charge on any atom is -0.484 e. The van der Waals surface area contributed by atoms with E-state index in [9.17, 15) is 9.59 Å². The van der Waals surface area contributed by atoms with Crippen LogP contribution in [0.4, 0.5) is 0 Å². The molecule has 1 atom stereocenters. The molecule has 1 amide bonds. The topological polar surface area (TPSA) is 104 Å². The van der Waals surface area contributed by atoms with Crippen molar-refractivity contribution in [2.45, 2.75) is 26.3 Å². The van der Waals surface area contributed by atoms with Gasteiger partial charge in [0, 0.05) is 5.56 Å². The molecule has 0 bridgehead atoms. The second-order valence-electron chi connectivity index (χ2n) is 5.83. The summed E-state index contributed by atoms with van der Waals surface area (Å²) in [6.45, 7) is 3.72. The maximum atomic E-state index is 12.0. The Morgan fingerprint density at radius 1 is 1.24 bits per heavy atom. The first-order chi connectivity index (χ1) is 12.0. The zero-order valence-corrected chi connectivity index (χ0v) is 14.4. The Bertz CT molecular complexity index is 683. The summed E-state index contributed by atoms with van der Waals surface area (Å²) in [6, 6.07) is 6.20. The summed E-state index contributed by atoms with van der Waals surface area (Å²) in [5, 5.41) is 10.0. The smallest absolute Gasteiger partial charge is 0.328 e. The van der Waals surface area contributed by atoms with Crippen molar-refractivity contribution in [3.05, 3.63) is 30.7 Å². The Hall–Kier alpha value is -2.90. The highest BCUT2D eigenvalue weighted by molar-refractivity contribution is 5.85. The van der Waals surface area contributed by atoms with Gasteiger partial charge >= 0.3 is 5.97 Å². The van der Waals surface area contributed by atoms with Crippen LogP contribution in [0.3, 0.4) is 0 Å². The molecule has 8 heteroatoms. The summed E-state index contributed by atoms with van der Waals surface area (Å²) in [7, 11) is 1.29. The third-order valence-corrected chi connectivity index (χ3v) is 3.36. The Kier molecular flexibility index (Phi) is 6.50. The van der Waals surface area contributed by atoms with E-state index < -0.39 is 17.9 Å². The van der Waals surface area contributed by atoms with Crippen LogP contribution >= 0.6 is 0 Å². The molecule has 8 nitrogen and oxygen atoms in total. The third-order valence-electron chi connectivity index (χ3n) is 3.36. The van der Waals surface area contributed by atoms with Crippen molar-refractivity contribution < 1.29 is 23.5 Å². The number of nitrogens with one attached hydrogen (secondary N) is 1. The molecule has 0 unspecified atom stereocenters. The van der Waals surface area contributed by atoms with E-state index >= 15 is 0 Å². The van der Waals surface area contributed by atoms with Gasteiger partial charge in [-0.1, -0.05) is 13.8 Å². The number of carbonyl (C=O) groups excluding carboxylic acids is 2. The van der Waals surface area contributed by atoms with E-state index in [0.29, 0.717) is 18.1 Å². The lowest BCUT2D eigenvalue weighted by molar-refractivity contribution is -0.145. The second kappa shape index (κ2) is 8.81. The van der Waals surface area contributed by atoms with Gasteiger partial charge in [-0.15, -0.1) is 10.2 Å². The highest BCUT2D eigenvalue weighted by Gasteiger charge is 2.22. The van der Waals surface area contributed by atoms with Crippen molar-refractivity contribution in [2.75, 3.05) is 13.7 Å². The molecule has 0 aliphatic heterocycles. The maximum absolute atomic E-state index is 12.0. The van der Waals surface area contributed by atoms with Gasteiger partial charge in [-0.05, 0) is 36.6 Å². The molecular weight excluding hydrogens is 326 g/mol. The number of hydrogen-bond acceptors (Lipinski definition) is 7. The summed E-state index contributed by atoms with van der Waals surface area (Å²) >= 11 is 0. The number of carbonyl (C=O) groups is 2. The molecule has 0 fully saturated rings. The van der Waals surface area contributed by atoms with E-state index in [1.54, 1.807) is 24.3 Å². The average Bonchev–Trinajstić information content (AvgIpc) is 3.13. The number of rotatable bonds is 8. The zero-order chi connectivity index (χ0) is 18.2. The molecular formula is C17H21N3O5. The van der Waals surface area contributed by atoms with E-state index in [2.05, 4.69) is 15.5 Å². The Balaban J connectivity index is 1.87. The van der Waals surface area contributed by atoms with Crippen LogP contribution in [0.2, 0.25) is 0 Å². The molecule has 1 aromatic carbocycles. The van der Waals surface area contributed by atoms with Gasteiger partial charge in [0.15, 0.2) is 6.61 Å². The molecule has 1 N–H and O–H groups in total. The Morgan fingerprint density at radius 2 is 1.96 bits per heavy atom. The standard InChI is InChI=1S/C17H21N3O5/c1-11(2)8-14(17(22)23-3)19-15(21)9-24-13-6-4-12(5-7-13)16-20-18-10-25-16/h4-7,10-11,14H,8-9H2,1-3H3,(H,19,21)/t14-/m1/s1. The van der Waals surface area contributed by atoms with E-state index in [1.807, 2.05) is 13.8 Å². The van der Waals surface area contributed by atoms with Gasteiger partial charge in [0.2, 0.25) is 12.3 Å². The van der Waals surface area contributed by atoms with Gasteiger partial charge in [-0.25, -0.2) is 4.79 Å². The molecule has 2 aromatic rings. The summed E-state index contributed by atoms with van der Waals surface area (Å²) < 4.78 is 15.2. The fourth-order valence-electron chi connectivity index (χ4n) is 2.21. The van der Waals surface area contributed by atoms with Crippen LogP contribution in [0, 0.1) is 5.92 Å². The lowest BCUT2D eigenvalue weighted by Crippen LogP contribution is -2.44. The van der Waals surface area contributed by atoms with Crippen molar-refractivity contribution in [1.82, 2.24) is 15.5 Å². The van der Waals surface area contributed by atoms with Crippen LogP contribution in [0.1, 0.15) is 20.3 Å². The molecule has 0 radical (unpaired) electrons. The largest absolute Gasteiger partial charge is 0.484 e. The first kappa shape index (κ1) is 18.4. The van der Waals surface area contributed by atoms with Crippen LogP contribution in [0.25, 0.3) is 11.5 Å². The van der Waals surface area contributed by atoms with Gasteiger partial charge in [-0.2, -0.15) is 0 Å². The zero-order valence-electron chi connectivity index (χ0n) is 14.4. The first-order valence-corrected chi connectivity index (χ1v) is 7.86. The molecule has 1 aromatic heterocycles. The molecule has 0 saturated heterocycles. The Morgan fingerprint density at radius 3 is 2.52 bits per heavy atom. The molecule has 25 heavy (non-hydrogen) atoms. The van der Waals surface area contributed by atoms with E-state index in [4.69, 9.17) is 13.9 Å². The van der Waals surface area contributed by atoms with E-state index in [1.165, 1.54) is 13.5 Å². The van der Waals surface area contributed by atoms with Crippen molar-refractivity contribution in [2.24, 2.45) is 5.92 Å². The number of benzene rings is 1. The summed E-state index contributed by atoms with van der Waals surface area (Å²) in [5.41, 5.74) is 0.747. The lowest BCUT2D eigenvalue weighted by Gasteiger charge is -2.18. The van der Waals surface area contributed by atoms with Gasteiger partial charge in [-0.3, -0.25) is 4.79 Å². The molecule has 0 aliphatic rings. The predicted octanol–water partition coefficient (Wildman–Crippen LogP) is 1.82. The summed E-state index contributed by atoms with van der Waals surface area (Å²) in [6.07, 6.45) is 1.75. The minimum atomic E-state index is -0.680. The summed E-state index contributed by atoms with van der Waals surface area (Å²) in [4.78, 5) is 23.7. The monoisotopic (exact) mass is 347 g/mol. The Labute approximate surface area is 145 Å². The number of hydrogen-bond donors (Lipinski definition) is 1. The number of ether oxygens (including phenoxy) is 2. The van der Waals surface area contributed by atoms with Gasteiger partial charge < -0.3 is 19.2 Å². The van der Waals surface area contributed by atoms with Crippen LogP contribution in [-0.4, -0.2) is 41.8 Å². The van der Waals surface area contributed by atoms with Crippen molar-refractivity contribution in [3.63, 3.8) is 0 Å². The number of aromatic nitrogens is 2. The second-order valence-corrected chi connectivity index (χ2v) is 5.83. The molecule has 0 aliphatic carbocycles. The van der Waals surface area contributed by atoms with Crippen molar-refractivity contribution in [3.8, 4) is 17.2 Å². The fraction of sp³-hybridized carbons (Fsp3) is 0.412. The SMILES string of the molecule is COC(=O)[C@@H](CC(C)C)NC(=O)COc1ccc(-c2nnco2)cc1. The first-order valence-electron chi connectivity index (χ1n) is 7.86. The highest BCUT2D eigenvalue weighted by atomic mass is 16.5. The minimum absolute atomic E-state index is 0.203. The molecule has 0 saturated carbocycles. The quantitative estimate of drug-likeness (QED) is 0.726. The number of methoxy groups -OCH3 is 1. The number of nitrogens with zero attached hydrogens (tertiary/aromatic N) is 2. The van der Waals surface area contributed by atoms with Gasteiger partial charge in [0.1, 0.15) is 11.8 Å². The lowest BCUT2D eigenvalue weighted by atomic mass is 10.0. The average molecular weight is 347 g/mol. The normalized spacial score (nSPS) is 11.8. The summed E-state index contributed by atoms with van der Waals surface area (Å²) in [5.74, 6) is 0.293. The van der Waals surface area contributed by atoms with Gasteiger partial charge in [0.25, 0.3) is 5.91 Å². The van der Waals surface area contributed by atoms with Crippen LogP contribution in [0.15, 0.2) is 35.1 Å². The van der Waals surface area contributed by atoms with Crippen molar-refractivity contribution in [1.29, 1.82) is 0 Å². The third kappa shape index (κ3) is 5.59. The number of esters is 1. The maximum Gasteiger partial charge on any atom is 0.328 e. The molecule has 0 spiro atoms. The van der Waals surface area contributed by atoms with E-state index in [-0.39, 0.29) is 12.5 Å². The highest BCUT2D eigenvalue weighted by Crippen LogP contribution is 2.20. The molecule has 2 rings (SSSR count). The van der Waals surface area contributed by atoms with E-state index in [0.717, 1.165) is 5.56 Å². The van der Waals surface area contributed by atoms with Gasteiger partial charge in [0.05, 0.1) is 7.11 Å². The molecule has 1 heterocycles. The van der Waals surface area contributed by atoms with Crippen LogP contribution in [0.5, 0.6) is 5.75 Å². The fourth-order valence-corrected chi connectivity index (χ4v) is 2.21. The van der Waals surface area contributed by atoms with Crippen molar-refractivity contribution >= 4 is 11.9 Å².